The zero-order valence-corrected chi connectivity index (χ0v) is 14.7. The number of hydrogen-bond donors (Lipinski definition) is 3. The summed E-state index contributed by atoms with van der Waals surface area (Å²) in [4.78, 5) is 16.6. The minimum Gasteiger partial charge on any atom is -0.454 e. The van der Waals surface area contributed by atoms with Crippen molar-refractivity contribution < 1.29 is 14.7 Å². The van der Waals surface area contributed by atoms with Crippen LogP contribution in [-0.2, 0) is 0 Å². The van der Waals surface area contributed by atoms with Crippen LogP contribution in [0.5, 0.6) is 11.5 Å². The second kappa shape index (κ2) is 7.20. The topological polar surface area (TPSA) is 83.0 Å². The normalized spacial score (nSPS) is 12.1. The summed E-state index contributed by atoms with van der Waals surface area (Å²) in [5.41, 5.74) is 7.06. The molecule has 1 heterocycles. The molecule has 0 saturated carbocycles. The Labute approximate surface area is 160 Å². The number of benzene rings is 3. The molecular weight excluding hydrogens is 366 g/mol. The van der Waals surface area contributed by atoms with Gasteiger partial charge >= 0.3 is 0 Å². The highest BCUT2D eigenvalue weighted by atomic mass is 35.5. The van der Waals surface area contributed by atoms with Gasteiger partial charge < -0.3 is 4.74 Å². The van der Waals surface area contributed by atoms with Crippen molar-refractivity contribution in [3.63, 3.8) is 0 Å². The molecule has 0 saturated heterocycles. The van der Waals surface area contributed by atoms with Crippen molar-refractivity contribution in [2.45, 2.75) is 0 Å². The minimum atomic E-state index is -0.455. The van der Waals surface area contributed by atoms with Gasteiger partial charge in [-0.05, 0) is 42.5 Å². The van der Waals surface area contributed by atoms with E-state index in [2.05, 4.69) is 5.43 Å². The summed E-state index contributed by atoms with van der Waals surface area (Å²) in [6.07, 6.45) is 0. The maximum atomic E-state index is 11.8. The number of fused-ring (bicyclic) bond motifs is 2. The number of halogens is 1. The number of nitrogens with one attached hydrogen (secondary N) is 2. The van der Waals surface area contributed by atoms with Crippen LogP contribution in [0.3, 0.4) is 0 Å². The zero-order valence-electron chi connectivity index (χ0n) is 13.9. The summed E-state index contributed by atoms with van der Waals surface area (Å²) in [6, 6.07) is 19.7. The molecule has 0 bridgehead atoms. The van der Waals surface area contributed by atoms with Crippen LogP contribution in [0.15, 0.2) is 71.7 Å². The molecule has 1 aliphatic heterocycles. The first kappa shape index (κ1) is 17.2. The molecule has 27 heavy (non-hydrogen) atoms. The van der Waals surface area contributed by atoms with Crippen molar-refractivity contribution in [1.82, 2.24) is 11.0 Å². The number of ether oxygens (including phenoxy) is 1. The molecule has 0 spiro atoms. The number of carbonyl (C=O) groups is 1. The fourth-order valence-corrected chi connectivity index (χ4v) is 3.01. The van der Waals surface area contributed by atoms with Gasteiger partial charge in [-0.3, -0.25) is 15.4 Å². The Morgan fingerprint density at radius 1 is 1.00 bits per heavy atom. The third-order valence-corrected chi connectivity index (χ3v) is 4.34. The largest absolute Gasteiger partial charge is 0.454 e. The summed E-state index contributed by atoms with van der Waals surface area (Å²) < 4.78 is 6.03. The van der Waals surface area contributed by atoms with Crippen LogP contribution >= 0.6 is 11.6 Å². The molecule has 134 valence electrons. The second-order valence-corrected chi connectivity index (χ2v) is 6.25. The molecule has 0 aromatic heterocycles. The molecule has 1 amide bonds. The number of hydrogen-bond acceptors (Lipinski definition) is 5. The lowest BCUT2D eigenvalue weighted by molar-refractivity contribution is 0.0731. The van der Waals surface area contributed by atoms with E-state index >= 15 is 0 Å². The fraction of sp³-hybridized carbons (Fsp3) is 0. The average Bonchev–Trinajstić information content (AvgIpc) is 2.85. The Hall–Kier alpha value is -3.19. The van der Waals surface area contributed by atoms with E-state index in [0.717, 1.165) is 11.1 Å². The molecule has 7 heteroatoms. The Bertz CT molecular complexity index is 1050. The van der Waals surface area contributed by atoms with Gasteiger partial charge in [0.1, 0.15) is 11.4 Å². The summed E-state index contributed by atoms with van der Waals surface area (Å²) >= 11 is 6.20. The first-order chi connectivity index (χ1) is 13.2. The van der Waals surface area contributed by atoms with Gasteiger partial charge in [0.25, 0.3) is 5.91 Å². The first-order valence-corrected chi connectivity index (χ1v) is 8.49. The van der Waals surface area contributed by atoms with Gasteiger partial charge in [0.15, 0.2) is 5.75 Å². The first-order valence-electron chi connectivity index (χ1n) is 8.11. The number of nitrogens with zero attached hydrogens (tertiary/aromatic N) is 1. The maximum Gasteiger partial charge on any atom is 0.267 e. The summed E-state index contributed by atoms with van der Waals surface area (Å²) in [5, 5.41) is 9.16. The Morgan fingerprint density at radius 2 is 1.78 bits per heavy atom. The van der Waals surface area contributed by atoms with E-state index in [1.165, 1.54) is 0 Å². The van der Waals surface area contributed by atoms with Crippen LogP contribution < -0.4 is 15.8 Å². The van der Waals surface area contributed by atoms with Gasteiger partial charge in [-0.2, -0.15) is 0 Å². The molecule has 1 aliphatic rings. The molecule has 0 unspecified atom stereocenters. The molecule has 3 aromatic rings. The van der Waals surface area contributed by atoms with E-state index < -0.39 is 5.91 Å². The smallest absolute Gasteiger partial charge is 0.267 e. The van der Waals surface area contributed by atoms with Crippen LogP contribution in [0, 0.1) is 0 Å². The monoisotopic (exact) mass is 379 g/mol. The predicted molar refractivity (Wildman–Crippen MR) is 102 cm³/mol. The Morgan fingerprint density at radius 3 is 2.56 bits per heavy atom. The molecule has 0 fully saturated rings. The quantitative estimate of drug-likeness (QED) is 0.465. The third kappa shape index (κ3) is 3.41. The standard InChI is InChI=1S/C20H14ClN3O3/c21-14-9-10-17-15(11-14)19(22-16-3-1-2-4-18(16)27-17)12-5-7-13(8-6-12)20(25)23-24-26/h1-11,24,26H,(H,23,25). The third-order valence-electron chi connectivity index (χ3n) is 4.10. The fourth-order valence-electron chi connectivity index (χ4n) is 2.83. The van der Waals surface area contributed by atoms with Gasteiger partial charge in [-0.1, -0.05) is 35.9 Å². The van der Waals surface area contributed by atoms with Crippen molar-refractivity contribution in [2.24, 2.45) is 4.99 Å². The number of carbonyl (C=O) groups excluding carboxylic acids is 1. The Kier molecular flexibility index (Phi) is 4.60. The van der Waals surface area contributed by atoms with E-state index in [0.29, 0.717) is 33.5 Å². The van der Waals surface area contributed by atoms with Gasteiger partial charge in [-0.25, -0.2) is 4.99 Å². The number of para-hydroxylation sites is 2. The van der Waals surface area contributed by atoms with E-state index in [-0.39, 0.29) is 0 Å². The van der Waals surface area contributed by atoms with Crippen LogP contribution in [-0.4, -0.2) is 16.8 Å². The highest BCUT2D eigenvalue weighted by Crippen LogP contribution is 2.39. The summed E-state index contributed by atoms with van der Waals surface area (Å²) in [7, 11) is 0. The van der Waals surface area contributed by atoms with Crippen LogP contribution in [0.1, 0.15) is 21.5 Å². The lowest BCUT2D eigenvalue weighted by Gasteiger charge is -2.11. The highest BCUT2D eigenvalue weighted by molar-refractivity contribution is 6.31. The number of amides is 1. The molecule has 6 nitrogen and oxygen atoms in total. The van der Waals surface area contributed by atoms with Gasteiger partial charge in [0.05, 0.1) is 5.71 Å². The minimum absolute atomic E-state index is 0.387. The second-order valence-electron chi connectivity index (χ2n) is 5.81. The zero-order chi connectivity index (χ0) is 18.8. The molecule has 4 rings (SSSR count). The van der Waals surface area contributed by atoms with E-state index in [1.807, 2.05) is 30.3 Å². The van der Waals surface area contributed by atoms with Crippen molar-refractivity contribution in [2.75, 3.05) is 0 Å². The van der Waals surface area contributed by atoms with Crippen LogP contribution in [0.25, 0.3) is 0 Å². The lowest BCUT2D eigenvalue weighted by Crippen LogP contribution is -2.34. The van der Waals surface area contributed by atoms with Gasteiger partial charge in [0.2, 0.25) is 0 Å². The van der Waals surface area contributed by atoms with Crippen LogP contribution in [0.4, 0.5) is 5.69 Å². The van der Waals surface area contributed by atoms with Crippen molar-refractivity contribution >= 4 is 28.9 Å². The molecular formula is C20H14ClN3O3. The van der Waals surface area contributed by atoms with E-state index in [1.54, 1.807) is 42.0 Å². The van der Waals surface area contributed by atoms with Crippen LogP contribution in [0.2, 0.25) is 5.02 Å². The molecule has 0 aliphatic carbocycles. The summed E-state index contributed by atoms with van der Waals surface area (Å²) in [6.45, 7) is 0. The van der Waals surface area contributed by atoms with Crippen molar-refractivity contribution in [1.29, 1.82) is 0 Å². The van der Waals surface area contributed by atoms with Gasteiger partial charge in [-0.15, -0.1) is 5.59 Å². The lowest BCUT2D eigenvalue weighted by atomic mass is 10.00. The molecule has 0 atom stereocenters. The summed E-state index contributed by atoms with van der Waals surface area (Å²) in [5.74, 6) is 0.847. The highest BCUT2D eigenvalue weighted by Gasteiger charge is 2.20. The van der Waals surface area contributed by atoms with Crippen molar-refractivity contribution in [3.8, 4) is 11.5 Å². The van der Waals surface area contributed by atoms with E-state index in [4.69, 9.17) is 26.5 Å². The number of rotatable bonds is 3. The predicted octanol–water partition coefficient (Wildman–Crippen LogP) is 4.24. The molecule has 3 N–H and O–H groups in total. The molecule has 0 radical (unpaired) electrons. The average molecular weight is 380 g/mol. The molecule has 3 aromatic carbocycles. The van der Waals surface area contributed by atoms with Gasteiger partial charge in [0, 0.05) is 21.7 Å². The maximum absolute atomic E-state index is 11.8. The van der Waals surface area contributed by atoms with Crippen molar-refractivity contribution in [3.05, 3.63) is 88.4 Å². The Balaban J connectivity index is 1.84. The number of hydrazine groups is 1. The number of aliphatic imine (C=N–C) groups is 1. The van der Waals surface area contributed by atoms with E-state index in [9.17, 15) is 4.79 Å². The SMILES string of the molecule is O=C(NNO)c1ccc(C2=Nc3ccccc3Oc3ccc(Cl)cc32)cc1.